The maximum absolute atomic E-state index is 12.6. The van der Waals surface area contributed by atoms with Crippen LogP contribution in [0.25, 0.3) is 33.4 Å². The lowest BCUT2D eigenvalue weighted by Crippen LogP contribution is -2.36. The minimum Gasteiger partial charge on any atom is -0.306 e. The van der Waals surface area contributed by atoms with Crippen LogP contribution in [0.5, 0.6) is 0 Å². The first-order valence-electron chi connectivity index (χ1n) is 13.0. The highest BCUT2D eigenvalue weighted by atomic mass is 35.5. The third kappa shape index (κ3) is 5.84. The predicted molar refractivity (Wildman–Crippen MR) is 169 cm³/mol. The molecule has 0 unspecified atom stereocenters. The van der Waals surface area contributed by atoms with Crippen molar-refractivity contribution in [2.24, 2.45) is 0 Å². The second-order valence-corrected chi connectivity index (χ2v) is 10.1. The van der Waals surface area contributed by atoms with Crippen LogP contribution in [-0.4, -0.2) is 32.5 Å². The molecular formula is C31H28ClN5OS2. The number of piperidine rings is 1. The number of nitrogens with zero attached hydrogens (tertiary/aromatic N) is 4. The van der Waals surface area contributed by atoms with Gasteiger partial charge in [-0.15, -0.1) is 23.3 Å². The van der Waals surface area contributed by atoms with Gasteiger partial charge in [0.25, 0.3) is 0 Å². The third-order valence-electron chi connectivity index (χ3n) is 7.36. The van der Waals surface area contributed by atoms with E-state index in [0.717, 1.165) is 65.9 Å². The molecule has 6 rings (SSSR count). The van der Waals surface area contributed by atoms with Gasteiger partial charge >= 0.3 is 5.69 Å². The zero-order chi connectivity index (χ0) is 28.1. The predicted octanol–water partition coefficient (Wildman–Crippen LogP) is 7.18. The number of hydrogen-bond donors (Lipinski definition) is 3. The molecule has 3 aromatic carbocycles. The molecule has 0 atom stereocenters. The van der Waals surface area contributed by atoms with Gasteiger partial charge in [0.2, 0.25) is 0 Å². The Morgan fingerprint density at radius 3 is 2.33 bits per heavy atom. The monoisotopic (exact) mass is 585 g/mol. The molecule has 0 amide bonds. The summed E-state index contributed by atoms with van der Waals surface area (Å²) in [5.74, 6) is 0. The molecule has 5 aromatic rings. The summed E-state index contributed by atoms with van der Waals surface area (Å²) in [4.78, 5) is 22.6. The van der Waals surface area contributed by atoms with Crippen molar-refractivity contribution >= 4 is 46.0 Å². The maximum Gasteiger partial charge on any atom is 0.326 e. The lowest BCUT2D eigenvalue weighted by Gasteiger charge is -2.32. The highest BCUT2D eigenvalue weighted by Crippen LogP contribution is 2.34. The number of rotatable bonds is 5. The minimum absolute atomic E-state index is 0.0216. The normalized spacial score (nSPS) is 13.9. The van der Waals surface area contributed by atoms with Crippen molar-refractivity contribution in [3.63, 3.8) is 0 Å². The number of H-pyrrole nitrogens is 1. The molecule has 0 saturated carbocycles. The fourth-order valence-electron chi connectivity index (χ4n) is 5.43. The lowest BCUT2D eigenvalue weighted by atomic mass is 9.97. The van der Waals surface area contributed by atoms with Crippen LogP contribution in [0.3, 0.4) is 0 Å². The van der Waals surface area contributed by atoms with E-state index in [9.17, 15) is 10.1 Å². The van der Waals surface area contributed by atoms with Gasteiger partial charge in [-0.2, -0.15) is 5.26 Å². The standard InChI is InChI=1S/C31H26ClN5O.H2S2/c32-30-24(19-33)18-26(22-6-2-1-3-7-22)29(35-30)23-12-10-21(11-13-23)20-36-16-14-25(15-17-36)37-28-9-5-4-8-27(28)34-31(37)38;1-2/h1-13,18,25H,14-17,20H2,(H,34,38);1-2H. The molecule has 6 nitrogen and oxygen atoms in total. The van der Waals surface area contributed by atoms with Gasteiger partial charge in [0, 0.05) is 36.8 Å². The summed E-state index contributed by atoms with van der Waals surface area (Å²) in [6.07, 6.45) is 1.88. The Morgan fingerprint density at radius 1 is 0.950 bits per heavy atom. The van der Waals surface area contributed by atoms with E-state index in [1.165, 1.54) is 5.56 Å². The third-order valence-corrected chi connectivity index (χ3v) is 7.65. The highest BCUT2D eigenvalue weighted by molar-refractivity contribution is 8.59. The van der Waals surface area contributed by atoms with Crippen LogP contribution in [-0.2, 0) is 6.54 Å². The summed E-state index contributed by atoms with van der Waals surface area (Å²) < 4.78 is 1.93. The number of imidazole rings is 1. The van der Waals surface area contributed by atoms with Crippen LogP contribution in [0.1, 0.15) is 30.0 Å². The van der Waals surface area contributed by atoms with Gasteiger partial charge < -0.3 is 4.98 Å². The number of aromatic amines is 1. The van der Waals surface area contributed by atoms with E-state index in [4.69, 9.17) is 11.6 Å². The van der Waals surface area contributed by atoms with Crippen molar-refractivity contribution in [2.45, 2.75) is 25.4 Å². The van der Waals surface area contributed by atoms with E-state index in [1.54, 1.807) is 0 Å². The van der Waals surface area contributed by atoms with E-state index in [0.29, 0.717) is 5.56 Å². The Labute approximate surface area is 248 Å². The van der Waals surface area contributed by atoms with Gasteiger partial charge in [-0.25, -0.2) is 9.78 Å². The average Bonchev–Trinajstić information content (AvgIpc) is 3.35. The molecule has 1 N–H and O–H groups in total. The summed E-state index contributed by atoms with van der Waals surface area (Å²) in [5.41, 5.74) is 7.03. The molecular weight excluding hydrogens is 558 g/mol. The van der Waals surface area contributed by atoms with Gasteiger partial charge in [0.05, 0.1) is 22.3 Å². The molecule has 0 spiro atoms. The number of halogens is 1. The number of thiol groups is 2. The molecule has 2 aromatic heterocycles. The van der Waals surface area contributed by atoms with Gasteiger partial charge in [-0.3, -0.25) is 9.47 Å². The zero-order valence-electron chi connectivity index (χ0n) is 21.7. The summed E-state index contributed by atoms with van der Waals surface area (Å²) >= 11 is 12.8. The Balaban J connectivity index is 0.00000158. The number of para-hydroxylation sites is 2. The zero-order valence-corrected chi connectivity index (χ0v) is 24.2. The quantitative estimate of drug-likeness (QED) is 0.116. The Morgan fingerprint density at radius 2 is 1.62 bits per heavy atom. The second kappa shape index (κ2) is 12.8. The number of benzene rings is 3. The van der Waals surface area contributed by atoms with E-state index >= 15 is 0 Å². The molecule has 0 radical (unpaired) electrons. The fourth-order valence-corrected chi connectivity index (χ4v) is 5.61. The van der Waals surface area contributed by atoms with Crippen molar-refractivity contribution in [2.75, 3.05) is 13.1 Å². The second-order valence-electron chi connectivity index (χ2n) is 9.72. The maximum atomic E-state index is 12.6. The van der Waals surface area contributed by atoms with E-state index in [1.807, 2.05) is 65.2 Å². The average molecular weight is 586 g/mol. The molecule has 1 aliphatic heterocycles. The number of pyridine rings is 1. The first-order valence-corrected chi connectivity index (χ1v) is 15.0. The van der Waals surface area contributed by atoms with Gasteiger partial charge in [0.15, 0.2) is 0 Å². The van der Waals surface area contributed by atoms with Crippen LogP contribution in [0.15, 0.2) is 89.7 Å². The summed E-state index contributed by atoms with van der Waals surface area (Å²) in [6.45, 7) is 2.72. The number of hydrogen-bond acceptors (Lipinski definition) is 6. The Hall–Kier alpha value is -3.48. The molecule has 9 heteroatoms. The number of nitriles is 1. The summed E-state index contributed by atoms with van der Waals surface area (Å²) in [5, 5.41) is 9.69. The molecule has 0 bridgehead atoms. The number of likely N-dealkylation sites (tertiary alicyclic amines) is 1. The van der Waals surface area contributed by atoms with E-state index in [2.05, 4.69) is 68.5 Å². The number of aromatic nitrogens is 3. The smallest absolute Gasteiger partial charge is 0.306 e. The molecule has 1 aliphatic rings. The van der Waals surface area contributed by atoms with Crippen molar-refractivity contribution in [1.29, 1.82) is 5.26 Å². The van der Waals surface area contributed by atoms with Gasteiger partial charge in [-0.05, 0) is 42.2 Å². The Kier molecular flexibility index (Phi) is 8.98. The van der Waals surface area contributed by atoms with Crippen LogP contribution >= 0.6 is 34.9 Å². The molecule has 202 valence electrons. The first-order chi connectivity index (χ1) is 19.6. The van der Waals surface area contributed by atoms with Crippen molar-refractivity contribution in [3.05, 3.63) is 112 Å². The SMILES string of the molecule is N#Cc1cc(-c2ccccc2)c(-c2ccc(CN3CCC(n4c(=O)[nH]c5ccccc54)CC3)cc2)nc1Cl.SS. The highest BCUT2D eigenvalue weighted by Gasteiger charge is 2.23. The molecule has 0 aliphatic carbocycles. The summed E-state index contributed by atoms with van der Waals surface area (Å²) in [6, 6.07) is 30.4. The lowest BCUT2D eigenvalue weighted by molar-refractivity contribution is 0.180. The number of fused-ring (bicyclic) bond motifs is 1. The Bertz CT molecular complexity index is 1700. The molecule has 40 heavy (non-hydrogen) atoms. The fraction of sp³-hybridized carbons (Fsp3) is 0.194. The summed E-state index contributed by atoms with van der Waals surface area (Å²) in [7, 11) is 0. The topological polar surface area (TPSA) is 77.7 Å². The van der Waals surface area contributed by atoms with Crippen molar-refractivity contribution in [1.82, 2.24) is 19.4 Å². The van der Waals surface area contributed by atoms with Crippen molar-refractivity contribution in [3.8, 4) is 28.5 Å². The molecule has 1 saturated heterocycles. The van der Waals surface area contributed by atoms with Crippen LogP contribution < -0.4 is 5.69 Å². The largest absolute Gasteiger partial charge is 0.326 e. The number of nitrogens with one attached hydrogen (secondary N) is 1. The van der Waals surface area contributed by atoms with Gasteiger partial charge in [-0.1, -0.05) is 78.3 Å². The van der Waals surface area contributed by atoms with Crippen LogP contribution in [0.2, 0.25) is 5.15 Å². The van der Waals surface area contributed by atoms with Gasteiger partial charge in [0.1, 0.15) is 11.2 Å². The van der Waals surface area contributed by atoms with Crippen LogP contribution in [0.4, 0.5) is 0 Å². The first kappa shape index (κ1) is 28.1. The molecule has 1 fully saturated rings. The van der Waals surface area contributed by atoms with Crippen molar-refractivity contribution < 1.29 is 0 Å². The minimum atomic E-state index is -0.0216. The molecule has 3 heterocycles. The van der Waals surface area contributed by atoms with E-state index < -0.39 is 0 Å². The van der Waals surface area contributed by atoms with E-state index in [-0.39, 0.29) is 16.9 Å². The van der Waals surface area contributed by atoms with Crippen LogP contribution in [0, 0.1) is 11.3 Å².